The van der Waals surface area contributed by atoms with E-state index in [2.05, 4.69) is 39.9 Å². The highest BCUT2D eigenvalue weighted by Crippen LogP contribution is 2.22. The number of aromatic nitrogens is 4. The Morgan fingerprint density at radius 1 is 0.565 bits per heavy atom. The van der Waals surface area contributed by atoms with Gasteiger partial charge in [0, 0.05) is 57.6 Å². The van der Waals surface area contributed by atoms with E-state index < -0.39 is 0 Å². The van der Waals surface area contributed by atoms with Crippen molar-refractivity contribution >= 4 is 0 Å². The van der Waals surface area contributed by atoms with Crippen molar-refractivity contribution in [2.24, 2.45) is 0 Å². The number of nitrogens with zero attached hydrogens (tertiary/aromatic N) is 5. The molecule has 0 bridgehead atoms. The van der Waals surface area contributed by atoms with Crippen LogP contribution in [-0.4, -0.2) is 19.9 Å². The molecule has 4 aromatic heterocycles. The lowest BCUT2D eigenvalue weighted by molar-refractivity contribution is 0.553. The molecule has 0 saturated heterocycles. The van der Waals surface area contributed by atoms with Crippen molar-refractivity contribution in [2.45, 2.75) is 114 Å². The second-order valence-electron chi connectivity index (χ2n) is 12.6. The first kappa shape index (κ1) is 39.9. The summed E-state index contributed by atoms with van der Waals surface area (Å²) < 4.78 is 39.4. The molecule has 0 radical (unpaired) electrons. The van der Waals surface area contributed by atoms with Crippen LogP contribution in [0.4, 0.5) is 13.2 Å². The third kappa shape index (κ3) is 12.7. The fraction of sp³-hybridized carbons (Fsp3) is 0.447. The van der Waals surface area contributed by atoms with Crippen LogP contribution in [0.5, 0.6) is 0 Å². The van der Waals surface area contributed by atoms with Crippen LogP contribution in [0.3, 0.4) is 0 Å². The molecule has 0 fully saturated rings. The van der Waals surface area contributed by atoms with Gasteiger partial charge in [-0.25, -0.2) is 13.8 Å². The van der Waals surface area contributed by atoms with Gasteiger partial charge in [-0.15, -0.1) is 0 Å². The molecule has 0 aromatic carbocycles. The molecular weight excluding hydrogens is 583 g/mol. The SMILES string of the molecule is Cc1cc(C#N)c(C(C)C)cn1.Cc1cc(F)c(C(C)C)c(C)n1.Cc1cc(F)c(C(C)C)cn1.Cc1ccc(C(C)C)c(F)n1. The second-order valence-corrected chi connectivity index (χ2v) is 12.6. The quantitative estimate of drug-likeness (QED) is 0.209. The molecule has 0 N–H and O–H groups in total. The van der Waals surface area contributed by atoms with Gasteiger partial charge < -0.3 is 0 Å². The average molecular weight is 634 g/mol. The fourth-order valence-electron chi connectivity index (χ4n) is 4.54. The molecule has 5 nitrogen and oxygen atoms in total. The van der Waals surface area contributed by atoms with E-state index in [1.165, 1.54) is 12.1 Å². The number of hydrogen-bond donors (Lipinski definition) is 0. The lowest BCUT2D eigenvalue weighted by Gasteiger charge is -2.10. The molecule has 8 heteroatoms. The first-order chi connectivity index (χ1) is 21.4. The van der Waals surface area contributed by atoms with E-state index in [-0.39, 0.29) is 35.3 Å². The minimum atomic E-state index is -0.333. The van der Waals surface area contributed by atoms with Crippen molar-refractivity contribution in [1.82, 2.24) is 19.9 Å². The lowest BCUT2D eigenvalue weighted by atomic mass is 10.00. The molecule has 4 rings (SSSR count). The van der Waals surface area contributed by atoms with Gasteiger partial charge in [-0.3, -0.25) is 15.0 Å². The highest BCUT2D eigenvalue weighted by atomic mass is 19.1. The van der Waals surface area contributed by atoms with E-state index in [9.17, 15) is 13.2 Å². The Morgan fingerprint density at radius 3 is 1.50 bits per heavy atom. The summed E-state index contributed by atoms with van der Waals surface area (Å²) in [5, 5.41) is 8.81. The molecule has 0 aliphatic heterocycles. The summed E-state index contributed by atoms with van der Waals surface area (Å²) in [5.74, 6) is 0.388. The summed E-state index contributed by atoms with van der Waals surface area (Å²) >= 11 is 0. The predicted octanol–water partition coefficient (Wildman–Crippen LogP) is 10.7. The zero-order valence-corrected chi connectivity index (χ0v) is 29.7. The van der Waals surface area contributed by atoms with Gasteiger partial charge in [0.1, 0.15) is 11.6 Å². The Kier molecular flexibility index (Phi) is 16.3. The van der Waals surface area contributed by atoms with E-state index >= 15 is 0 Å². The summed E-state index contributed by atoms with van der Waals surface area (Å²) in [6.07, 6.45) is 3.40. The van der Waals surface area contributed by atoms with Gasteiger partial charge >= 0.3 is 0 Å². The first-order valence-electron chi connectivity index (χ1n) is 15.6. The van der Waals surface area contributed by atoms with Gasteiger partial charge in [0.05, 0.1) is 11.6 Å². The third-order valence-electron chi connectivity index (χ3n) is 7.00. The van der Waals surface area contributed by atoms with Gasteiger partial charge in [0.2, 0.25) is 5.95 Å². The van der Waals surface area contributed by atoms with Crippen LogP contribution in [0.25, 0.3) is 0 Å². The van der Waals surface area contributed by atoms with Crippen LogP contribution in [-0.2, 0) is 0 Å². The summed E-state index contributed by atoms with van der Waals surface area (Å²) in [6.45, 7) is 25.0. The van der Waals surface area contributed by atoms with E-state index in [4.69, 9.17) is 5.26 Å². The molecule has 0 atom stereocenters. The molecule has 4 heterocycles. The summed E-state index contributed by atoms with van der Waals surface area (Å²) in [7, 11) is 0. The molecule has 0 aliphatic rings. The Morgan fingerprint density at radius 2 is 1.07 bits per heavy atom. The largest absolute Gasteiger partial charge is 0.261 e. The van der Waals surface area contributed by atoms with Crippen molar-refractivity contribution in [3.05, 3.63) is 117 Å². The molecule has 0 saturated carbocycles. The highest BCUT2D eigenvalue weighted by Gasteiger charge is 2.11. The summed E-state index contributed by atoms with van der Waals surface area (Å²) in [6, 6.07) is 10.6. The Hall–Kier alpha value is -4.12. The van der Waals surface area contributed by atoms with Crippen molar-refractivity contribution in [1.29, 1.82) is 5.26 Å². The van der Waals surface area contributed by atoms with Crippen molar-refractivity contribution < 1.29 is 13.2 Å². The van der Waals surface area contributed by atoms with Crippen LogP contribution >= 0.6 is 0 Å². The number of halogens is 3. The van der Waals surface area contributed by atoms with E-state index in [1.807, 2.05) is 67.5 Å². The smallest absolute Gasteiger partial charge is 0.216 e. The fourth-order valence-corrected chi connectivity index (χ4v) is 4.54. The maximum atomic E-state index is 13.3. The number of aryl methyl sites for hydroxylation is 5. The van der Waals surface area contributed by atoms with Gasteiger partial charge in [-0.1, -0.05) is 61.5 Å². The number of nitriles is 1. The topological polar surface area (TPSA) is 75.3 Å². The third-order valence-corrected chi connectivity index (χ3v) is 7.00. The van der Waals surface area contributed by atoms with E-state index in [0.717, 1.165) is 45.2 Å². The zero-order chi connectivity index (χ0) is 35.3. The number of pyridine rings is 4. The zero-order valence-electron chi connectivity index (χ0n) is 29.7. The van der Waals surface area contributed by atoms with Gasteiger partial charge in [0.25, 0.3) is 0 Å². The first-order valence-corrected chi connectivity index (χ1v) is 15.6. The molecule has 46 heavy (non-hydrogen) atoms. The van der Waals surface area contributed by atoms with Crippen molar-refractivity contribution in [3.8, 4) is 6.07 Å². The molecule has 4 aromatic rings. The van der Waals surface area contributed by atoms with Crippen LogP contribution in [0.2, 0.25) is 0 Å². The number of hydrogen-bond acceptors (Lipinski definition) is 5. The second kappa shape index (κ2) is 18.8. The maximum absolute atomic E-state index is 13.3. The van der Waals surface area contributed by atoms with Gasteiger partial charge in [-0.05, 0) is 88.1 Å². The maximum Gasteiger partial charge on any atom is 0.216 e. The normalized spacial score (nSPS) is 10.5. The Labute approximate surface area is 274 Å². The monoisotopic (exact) mass is 633 g/mol. The van der Waals surface area contributed by atoms with Gasteiger partial charge in [0.15, 0.2) is 0 Å². The average Bonchev–Trinajstić information content (AvgIpc) is 2.92. The predicted molar refractivity (Wildman–Crippen MR) is 182 cm³/mol. The molecule has 0 aliphatic carbocycles. The molecule has 0 amide bonds. The van der Waals surface area contributed by atoms with Crippen LogP contribution in [0.15, 0.2) is 42.7 Å². The highest BCUT2D eigenvalue weighted by molar-refractivity contribution is 5.38. The minimum Gasteiger partial charge on any atom is -0.261 e. The standard InChI is InChI=1S/C10H14FN.C10H12N2.2C9H12FN/c1-6(2)10-8(4)12-7(3)5-9(10)11;1-7(2)10-6-12-8(3)4-9(10)5-11;1-6(2)8-5-11-7(3)4-9(8)10;1-6(2)8-5-4-7(3)11-9(8)10/h5-6H,1-4H3;4,6-7H,1-3H3;2*4-6H,1-3H3. The Bertz CT molecular complexity index is 1530. The minimum absolute atomic E-state index is 0.130. The Balaban J connectivity index is 0.000000307. The molecule has 0 unspecified atom stereocenters. The molecule has 0 spiro atoms. The van der Waals surface area contributed by atoms with Crippen LogP contribution < -0.4 is 0 Å². The molecule has 248 valence electrons. The summed E-state index contributed by atoms with van der Waals surface area (Å²) in [4.78, 5) is 16.1. The number of rotatable bonds is 4. The van der Waals surface area contributed by atoms with E-state index in [0.29, 0.717) is 17.0 Å². The lowest BCUT2D eigenvalue weighted by Crippen LogP contribution is -2.01. The van der Waals surface area contributed by atoms with Crippen LogP contribution in [0, 0.1) is 63.5 Å². The van der Waals surface area contributed by atoms with Gasteiger partial charge in [-0.2, -0.15) is 9.65 Å². The summed E-state index contributed by atoms with van der Waals surface area (Å²) in [5.41, 5.74) is 7.80. The van der Waals surface area contributed by atoms with E-state index in [1.54, 1.807) is 39.2 Å². The van der Waals surface area contributed by atoms with Crippen molar-refractivity contribution in [2.75, 3.05) is 0 Å². The molecular formula is C38H50F3N5. The van der Waals surface area contributed by atoms with Crippen molar-refractivity contribution in [3.63, 3.8) is 0 Å². The van der Waals surface area contributed by atoms with Crippen LogP contribution in [0.1, 0.15) is 135 Å².